The predicted molar refractivity (Wildman–Crippen MR) is 107 cm³/mol. The Bertz CT molecular complexity index is 1090. The Hall–Kier alpha value is -3.74. The van der Waals surface area contributed by atoms with Gasteiger partial charge in [-0.3, -0.25) is 9.59 Å². The van der Waals surface area contributed by atoms with E-state index in [4.69, 9.17) is 13.6 Å². The molecule has 3 heterocycles. The molecule has 0 radical (unpaired) electrons. The summed E-state index contributed by atoms with van der Waals surface area (Å²) in [5, 5.41) is 10.6. The van der Waals surface area contributed by atoms with Gasteiger partial charge in [0.1, 0.15) is 17.3 Å². The van der Waals surface area contributed by atoms with E-state index in [1.54, 1.807) is 49.4 Å². The maximum atomic E-state index is 13.2. The molecule has 1 atom stereocenters. The lowest BCUT2D eigenvalue weighted by Crippen LogP contribution is -2.30. The molecule has 0 spiro atoms. The molecule has 4 rings (SSSR count). The summed E-state index contributed by atoms with van der Waals surface area (Å²) in [5.74, 6) is 0.0807. The van der Waals surface area contributed by atoms with Crippen molar-refractivity contribution in [2.24, 2.45) is 0 Å². The number of nitrogens with zero attached hydrogens (tertiary/aromatic N) is 1. The van der Waals surface area contributed by atoms with Gasteiger partial charge < -0.3 is 23.6 Å². The Morgan fingerprint density at radius 2 is 1.93 bits per heavy atom. The van der Waals surface area contributed by atoms with E-state index in [0.29, 0.717) is 29.4 Å². The van der Waals surface area contributed by atoms with Crippen molar-refractivity contribution in [2.45, 2.75) is 26.4 Å². The number of ether oxygens (including phenoxy) is 1. The summed E-state index contributed by atoms with van der Waals surface area (Å²) in [6.07, 6.45) is 1.51. The highest BCUT2D eigenvalue weighted by molar-refractivity contribution is 6.15. The smallest absolute Gasteiger partial charge is 0.290 e. The molecule has 0 fully saturated rings. The van der Waals surface area contributed by atoms with Gasteiger partial charge in [0.15, 0.2) is 11.5 Å². The van der Waals surface area contributed by atoms with Crippen molar-refractivity contribution in [2.75, 3.05) is 6.61 Å². The number of hydrogen-bond donors (Lipinski definition) is 1. The molecule has 1 unspecified atom stereocenters. The fraction of sp³-hybridized carbons (Fsp3) is 0.217. The Morgan fingerprint density at radius 1 is 1.17 bits per heavy atom. The highest BCUT2D eigenvalue weighted by Crippen LogP contribution is 2.40. The van der Waals surface area contributed by atoms with Crippen LogP contribution in [0.15, 0.2) is 75.0 Å². The third kappa shape index (κ3) is 3.50. The van der Waals surface area contributed by atoms with Gasteiger partial charge in [0.2, 0.25) is 5.78 Å². The van der Waals surface area contributed by atoms with E-state index < -0.39 is 23.5 Å². The van der Waals surface area contributed by atoms with Crippen molar-refractivity contribution in [1.29, 1.82) is 0 Å². The molecule has 1 aromatic carbocycles. The summed E-state index contributed by atoms with van der Waals surface area (Å²) in [4.78, 5) is 27.5. The zero-order valence-electron chi connectivity index (χ0n) is 16.6. The van der Waals surface area contributed by atoms with E-state index >= 15 is 0 Å². The second-order valence-electron chi connectivity index (χ2n) is 6.92. The quantitative estimate of drug-likeness (QED) is 0.585. The first-order valence-electron chi connectivity index (χ1n) is 9.60. The average molecular weight is 407 g/mol. The number of carbonyl (C=O) groups excluding carboxylic acids is 2. The van der Waals surface area contributed by atoms with Crippen molar-refractivity contribution >= 4 is 11.7 Å². The fourth-order valence-electron chi connectivity index (χ4n) is 3.57. The Labute approximate surface area is 173 Å². The minimum absolute atomic E-state index is 0.0231. The molecule has 0 saturated heterocycles. The molecule has 154 valence electrons. The number of Topliss-reactive ketones (excluding diaryl/α,β-unsaturated/α-hetero) is 1. The van der Waals surface area contributed by atoms with Crippen molar-refractivity contribution in [1.82, 2.24) is 4.90 Å². The van der Waals surface area contributed by atoms with E-state index in [2.05, 4.69) is 0 Å². The van der Waals surface area contributed by atoms with Gasteiger partial charge >= 0.3 is 0 Å². The van der Waals surface area contributed by atoms with Gasteiger partial charge in [-0.1, -0.05) is 12.1 Å². The highest BCUT2D eigenvalue weighted by atomic mass is 16.5. The maximum absolute atomic E-state index is 13.2. The molecule has 3 aromatic rings. The number of aliphatic hydroxyl groups is 1. The number of carbonyl (C=O) groups is 2. The van der Waals surface area contributed by atoms with Crippen LogP contribution in [0, 0.1) is 6.92 Å². The van der Waals surface area contributed by atoms with Crippen molar-refractivity contribution in [3.05, 3.63) is 89.0 Å². The molecule has 30 heavy (non-hydrogen) atoms. The van der Waals surface area contributed by atoms with Crippen LogP contribution >= 0.6 is 0 Å². The fourth-order valence-corrected chi connectivity index (χ4v) is 3.57. The van der Waals surface area contributed by atoms with Gasteiger partial charge in [-0.15, -0.1) is 0 Å². The first kappa shape index (κ1) is 19.6. The van der Waals surface area contributed by atoms with Crippen molar-refractivity contribution in [3.8, 4) is 5.75 Å². The zero-order valence-corrected chi connectivity index (χ0v) is 16.6. The van der Waals surface area contributed by atoms with E-state index in [1.807, 2.05) is 6.92 Å². The van der Waals surface area contributed by atoms with Crippen LogP contribution in [0.1, 0.15) is 40.6 Å². The largest absolute Gasteiger partial charge is 0.503 e. The van der Waals surface area contributed by atoms with E-state index in [-0.39, 0.29) is 17.9 Å². The second-order valence-corrected chi connectivity index (χ2v) is 6.92. The third-order valence-corrected chi connectivity index (χ3v) is 4.93. The molecular weight excluding hydrogens is 386 g/mol. The standard InChI is InChI=1S/C23H21NO6/c1-3-28-16-9-7-15(8-10-16)20-19(21(25)18-11-6-14(2)30-18)22(26)23(27)24(20)13-17-5-4-12-29-17/h4-12,20,26H,3,13H2,1-2H3. The number of furan rings is 2. The lowest BCUT2D eigenvalue weighted by Gasteiger charge is -2.26. The number of benzene rings is 1. The van der Waals surface area contributed by atoms with Crippen LogP contribution < -0.4 is 4.74 Å². The summed E-state index contributed by atoms with van der Waals surface area (Å²) >= 11 is 0. The highest BCUT2D eigenvalue weighted by Gasteiger charge is 2.44. The monoisotopic (exact) mass is 407 g/mol. The maximum Gasteiger partial charge on any atom is 0.290 e. The van der Waals surface area contributed by atoms with Crippen LogP contribution in [0.4, 0.5) is 0 Å². The van der Waals surface area contributed by atoms with Crippen LogP contribution in [-0.2, 0) is 11.3 Å². The van der Waals surface area contributed by atoms with Gasteiger partial charge in [-0.2, -0.15) is 0 Å². The first-order valence-corrected chi connectivity index (χ1v) is 9.60. The molecule has 1 N–H and O–H groups in total. The van der Waals surface area contributed by atoms with Gasteiger partial charge in [-0.05, 0) is 55.8 Å². The Balaban J connectivity index is 1.77. The third-order valence-electron chi connectivity index (χ3n) is 4.93. The molecule has 7 heteroatoms. The summed E-state index contributed by atoms with van der Waals surface area (Å²) < 4.78 is 16.3. The van der Waals surface area contributed by atoms with Crippen LogP contribution in [-0.4, -0.2) is 28.3 Å². The van der Waals surface area contributed by atoms with E-state index in [9.17, 15) is 14.7 Å². The average Bonchev–Trinajstić information content (AvgIpc) is 3.46. The number of ketones is 1. The molecule has 2 aromatic heterocycles. The van der Waals surface area contributed by atoms with Gasteiger partial charge in [0.05, 0.1) is 31.0 Å². The SMILES string of the molecule is CCOc1ccc(C2C(C(=O)c3ccc(C)o3)=C(O)C(=O)N2Cc2ccco2)cc1. The molecule has 0 saturated carbocycles. The number of aliphatic hydroxyl groups excluding tert-OH is 1. The first-order chi connectivity index (χ1) is 14.5. The number of rotatable bonds is 7. The normalized spacial score (nSPS) is 16.4. The van der Waals surface area contributed by atoms with Crippen LogP contribution in [0.2, 0.25) is 0 Å². The second kappa shape index (κ2) is 7.94. The van der Waals surface area contributed by atoms with Crippen LogP contribution in [0.25, 0.3) is 0 Å². The lowest BCUT2D eigenvalue weighted by atomic mass is 9.95. The molecule has 1 aliphatic rings. The number of amides is 1. The molecule has 0 bridgehead atoms. The number of hydrogen-bond acceptors (Lipinski definition) is 6. The lowest BCUT2D eigenvalue weighted by molar-refractivity contribution is -0.130. The minimum atomic E-state index is -0.795. The van der Waals surface area contributed by atoms with Crippen molar-refractivity contribution < 1.29 is 28.3 Å². The molecule has 1 aliphatic heterocycles. The van der Waals surface area contributed by atoms with Crippen molar-refractivity contribution in [3.63, 3.8) is 0 Å². The van der Waals surface area contributed by atoms with E-state index in [0.717, 1.165) is 0 Å². The molecular formula is C23H21NO6. The minimum Gasteiger partial charge on any atom is -0.503 e. The van der Waals surface area contributed by atoms with Crippen LogP contribution in [0.3, 0.4) is 0 Å². The van der Waals surface area contributed by atoms with E-state index in [1.165, 1.54) is 17.2 Å². The summed E-state index contributed by atoms with van der Waals surface area (Å²) in [5.41, 5.74) is 0.638. The van der Waals surface area contributed by atoms with Crippen LogP contribution in [0.5, 0.6) is 5.75 Å². The van der Waals surface area contributed by atoms with Gasteiger partial charge in [-0.25, -0.2) is 0 Å². The summed E-state index contributed by atoms with van der Waals surface area (Å²) in [6.45, 7) is 4.23. The summed E-state index contributed by atoms with van der Waals surface area (Å²) in [6, 6.07) is 12.9. The molecule has 7 nitrogen and oxygen atoms in total. The Kier molecular flexibility index (Phi) is 5.18. The summed E-state index contributed by atoms with van der Waals surface area (Å²) in [7, 11) is 0. The predicted octanol–water partition coefficient (Wildman–Crippen LogP) is 4.36. The molecule has 1 amide bonds. The Morgan fingerprint density at radius 3 is 2.53 bits per heavy atom. The number of aryl methyl sites for hydroxylation is 1. The topological polar surface area (TPSA) is 93.1 Å². The molecule has 0 aliphatic carbocycles. The van der Waals surface area contributed by atoms with Gasteiger partial charge in [0, 0.05) is 0 Å². The van der Waals surface area contributed by atoms with Gasteiger partial charge in [0.25, 0.3) is 5.91 Å². The zero-order chi connectivity index (χ0) is 21.3.